The summed E-state index contributed by atoms with van der Waals surface area (Å²) >= 11 is 0. The Labute approximate surface area is 126 Å². The Morgan fingerprint density at radius 3 is 2.48 bits per heavy atom. The Kier molecular flexibility index (Phi) is 4.00. The summed E-state index contributed by atoms with van der Waals surface area (Å²) in [4.78, 5) is 0. The van der Waals surface area contributed by atoms with Gasteiger partial charge >= 0.3 is 0 Å². The van der Waals surface area contributed by atoms with Crippen molar-refractivity contribution in [1.29, 1.82) is 0 Å². The van der Waals surface area contributed by atoms with Crippen LogP contribution in [0.5, 0.6) is 5.75 Å². The quantitative estimate of drug-likeness (QED) is 0.889. The van der Waals surface area contributed by atoms with E-state index in [-0.39, 0.29) is 6.10 Å². The van der Waals surface area contributed by atoms with E-state index in [1.807, 2.05) is 12.1 Å². The molecule has 1 aliphatic rings. The number of nitrogens with one attached hydrogen (secondary N) is 2. The lowest BCUT2D eigenvalue weighted by Crippen LogP contribution is -2.16. The van der Waals surface area contributed by atoms with Crippen LogP contribution in [0.1, 0.15) is 25.3 Å². The first-order valence-corrected chi connectivity index (χ1v) is 7.56. The molecule has 0 amide bonds. The minimum Gasteiger partial charge on any atom is -0.489 e. The first-order chi connectivity index (χ1) is 10.2. The monoisotopic (exact) mass is 282 g/mol. The number of fused-ring (bicyclic) bond motifs is 1. The zero-order chi connectivity index (χ0) is 14.7. The molecular weight excluding hydrogens is 260 g/mol. The van der Waals surface area contributed by atoms with Crippen LogP contribution in [0.3, 0.4) is 0 Å². The molecule has 0 spiro atoms. The number of rotatable bonds is 3. The van der Waals surface area contributed by atoms with Gasteiger partial charge in [0, 0.05) is 19.0 Å². The number of benzene rings is 2. The molecular formula is C18H22N2O. The van der Waals surface area contributed by atoms with Gasteiger partial charge in [0.2, 0.25) is 0 Å². The van der Waals surface area contributed by atoms with Crippen LogP contribution >= 0.6 is 0 Å². The van der Waals surface area contributed by atoms with Crippen LogP contribution in [-0.4, -0.2) is 19.2 Å². The van der Waals surface area contributed by atoms with E-state index in [1.54, 1.807) is 0 Å². The highest BCUT2D eigenvalue weighted by Gasteiger charge is 2.19. The van der Waals surface area contributed by atoms with E-state index >= 15 is 0 Å². The highest BCUT2D eigenvalue weighted by Crippen LogP contribution is 2.36. The standard InChI is InChI=1S/C18H22N2O/c1-13(2)21-17-10-6-9-16-18(17)20-12-15(11-19-16)14-7-4-3-5-8-14/h3-10,13,15,19-20H,11-12H2,1-2H3. The molecule has 21 heavy (non-hydrogen) atoms. The summed E-state index contributed by atoms with van der Waals surface area (Å²) < 4.78 is 5.91. The van der Waals surface area contributed by atoms with Crippen LogP contribution < -0.4 is 15.4 Å². The number of anilines is 2. The van der Waals surface area contributed by atoms with Gasteiger partial charge in [0.15, 0.2) is 0 Å². The molecule has 3 heteroatoms. The lowest BCUT2D eigenvalue weighted by Gasteiger charge is -2.17. The fraction of sp³-hybridized carbons (Fsp3) is 0.333. The molecule has 0 radical (unpaired) electrons. The fourth-order valence-electron chi connectivity index (χ4n) is 2.70. The van der Waals surface area contributed by atoms with Gasteiger partial charge in [-0.2, -0.15) is 0 Å². The van der Waals surface area contributed by atoms with Gasteiger partial charge in [-0.15, -0.1) is 0 Å². The summed E-state index contributed by atoms with van der Waals surface area (Å²) in [6.07, 6.45) is 0.173. The molecule has 2 aromatic carbocycles. The molecule has 2 aromatic rings. The molecule has 110 valence electrons. The van der Waals surface area contributed by atoms with Gasteiger partial charge in [0.1, 0.15) is 11.4 Å². The third kappa shape index (κ3) is 3.13. The van der Waals surface area contributed by atoms with Gasteiger partial charge in [-0.3, -0.25) is 0 Å². The summed E-state index contributed by atoms with van der Waals surface area (Å²) in [7, 11) is 0. The normalized spacial score (nSPS) is 17.4. The van der Waals surface area contributed by atoms with Crippen LogP contribution in [0.15, 0.2) is 48.5 Å². The van der Waals surface area contributed by atoms with Crippen molar-refractivity contribution < 1.29 is 4.74 Å². The minimum absolute atomic E-state index is 0.173. The maximum Gasteiger partial charge on any atom is 0.144 e. The van der Waals surface area contributed by atoms with E-state index in [4.69, 9.17) is 4.74 Å². The lowest BCUT2D eigenvalue weighted by atomic mass is 9.99. The molecule has 0 aliphatic carbocycles. The molecule has 0 bridgehead atoms. The Hall–Kier alpha value is -2.16. The molecule has 0 saturated heterocycles. The summed E-state index contributed by atoms with van der Waals surface area (Å²) in [5, 5.41) is 7.10. The van der Waals surface area contributed by atoms with Crippen LogP contribution in [-0.2, 0) is 0 Å². The average molecular weight is 282 g/mol. The van der Waals surface area contributed by atoms with Crippen molar-refractivity contribution in [3.8, 4) is 5.75 Å². The van der Waals surface area contributed by atoms with Gasteiger partial charge < -0.3 is 15.4 Å². The van der Waals surface area contributed by atoms with Crippen LogP contribution in [0.25, 0.3) is 0 Å². The maximum absolute atomic E-state index is 5.91. The molecule has 3 nitrogen and oxygen atoms in total. The average Bonchev–Trinajstić information content (AvgIpc) is 2.71. The van der Waals surface area contributed by atoms with E-state index < -0.39 is 0 Å². The zero-order valence-corrected chi connectivity index (χ0v) is 12.6. The molecule has 1 heterocycles. The van der Waals surface area contributed by atoms with Crippen molar-refractivity contribution in [1.82, 2.24) is 0 Å². The molecule has 0 saturated carbocycles. The number of para-hydroxylation sites is 1. The molecule has 0 fully saturated rings. The minimum atomic E-state index is 0.173. The summed E-state index contributed by atoms with van der Waals surface area (Å²) in [5.41, 5.74) is 3.55. The van der Waals surface area contributed by atoms with Crippen molar-refractivity contribution in [2.45, 2.75) is 25.9 Å². The summed E-state index contributed by atoms with van der Waals surface area (Å²) in [6.45, 7) is 5.93. The SMILES string of the molecule is CC(C)Oc1cccc2c1NCC(c1ccccc1)CN2. The Balaban J connectivity index is 1.83. The van der Waals surface area contributed by atoms with Crippen molar-refractivity contribution in [3.63, 3.8) is 0 Å². The first kappa shape index (κ1) is 13.8. The van der Waals surface area contributed by atoms with Gasteiger partial charge in [-0.1, -0.05) is 36.4 Å². The largest absolute Gasteiger partial charge is 0.489 e. The van der Waals surface area contributed by atoms with E-state index in [1.165, 1.54) is 5.56 Å². The predicted octanol–water partition coefficient (Wildman–Crippen LogP) is 4.10. The number of hydrogen-bond donors (Lipinski definition) is 2. The second-order valence-electron chi connectivity index (χ2n) is 5.71. The third-order valence-corrected chi connectivity index (χ3v) is 3.72. The van der Waals surface area contributed by atoms with E-state index in [9.17, 15) is 0 Å². The summed E-state index contributed by atoms with van der Waals surface area (Å²) in [6, 6.07) is 16.8. The molecule has 1 aliphatic heterocycles. The van der Waals surface area contributed by atoms with Gasteiger partial charge in [-0.05, 0) is 31.5 Å². The molecule has 3 rings (SSSR count). The Bertz CT molecular complexity index is 595. The van der Waals surface area contributed by atoms with E-state index in [2.05, 4.69) is 60.9 Å². The Morgan fingerprint density at radius 2 is 1.71 bits per heavy atom. The van der Waals surface area contributed by atoms with Crippen molar-refractivity contribution in [3.05, 3.63) is 54.1 Å². The highest BCUT2D eigenvalue weighted by molar-refractivity contribution is 5.76. The lowest BCUT2D eigenvalue weighted by molar-refractivity contribution is 0.244. The van der Waals surface area contributed by atoms with Gasteiger partial charge in [0.25, 0.3) is 0 Å². The summed E-state index contributed by atoms with van der Waals surface area (Å²) in [5.74, 6) is 1.37. The van der Waals surface area contributed by atoms with Crippen LogP contribution in [0, 0.1) is 0 Å². The molecule has 1 unspecified atom stereocenters. The first-order valence-electron chi connectivity index (χ1n) is 7.56. The van der Waals surface area contributed by atoms with Gasteiger partial charge in [0.05, 0.1) is 11.8 Å². The highest BCUT2D eigenvalue weighted by atomic mass is 16.5. The van der Waals surface area contributed by atoms with E-state index in [0.29, 0.717) is 5.92 Å². The fourth-order valence-corrected chi connectivity index (χ4v) is 2.70. The molecule has 2 N–H and O–H groups in total. The van der Waals surface area contributed by atoms with Crippen molar-refractivity contribution >= 4 is 11.4 Å². The maximum atomic E-state index is 5.91. The topological polar surface area (TPSA) is 33.3 Å². The van der Waals surface area contributed by atoms with Crippen molar-refractivity contribution in [2.75, 3.05) is 23.7 Å². The number of hydrogen-bond acceptors (Lipinski definition) is 3. The Morgan fingerprint density at radius 1 is 0.952 bits per heavy atom. The zero-order valence-electron chi connectivity index (χ0n) is 12.6. The molecule has 1 atom stereocenters. The van der Waals surface area contributed by atoms with Crippen LogP contribution in [0.2, 0.25) is 0 Å². The number of ether oxygens (including phenoxy) is 1. The third-order valence-electron chi connectivity index (χ3n) is 3.72. The van der Waals surface area contributed by atoms with Gasteiger partial charge in [-0.25, -0.2) is 0 Å². The molecule has 0 aromatic heterocycles. The second kappa shape index (κ2) is 6.08. The predicted molar refractivity (Wildman–Crippen MR) is 88.4 cm³/mol. The van der Waals surface area contributed by atoms with E-state index in [0.717, 1.165) is 30.2 Å². The second-order valence-corrected chi connectivity index (χ2v) is 5.71. The van der Waals surface area contributed by atoms with Crippen molar-refractivity contribution in [2.24, 2.45) is 0 Å². The van der Waals surface area contributed by atoms with Crippen LogP contribution in [0.4, 0.5) is 11.4 Å². The smallest absolute Gasteiger partial charge is 0.144 e.